The van der Waals surface area contributed by atoms with E-state index >= 15 is 0 Å². The van der Waals surface area contributed by atoms with E-state index in [4.69, 9.17) is 0 Å². The van der Waals surface area contributed by atoms with E-state index in [1.54, 1.807) is 0 Å². The normalized spacial score (nSPS) is 15.1. The maximum absolute atomic E-state index is 13.8. The second kappa shape index (κ2) is 12.2. The standard InChI is InChI=1S/C31H36N2O4/c1-22-9-11-24(12-10-22)25-13-14-27(23(2)20-25)31(37)33-15-5-6-26(28-7-3-4-8-29(28)33)21-30(36)32(16-18-34)17-19-35/h3-4,7-14,20,26,34-35H,5-6,15-19,21H2,1-2H3. The highest BCUT2D eigenvalue weighted by Gasteiger charge is 2.29. The van der Waals surface area contributed by atoms with Gasteiger partial charge in [-0.25, -0.2) is 0 Å². The Bertz CT molecular complexity index is 1230. The van der Waals surface area contributed by atoms with Crippen molar-refractivity contribution < 1.29 is 19.8 Å². The first-order chi connectivity index (χ1) is 17.9. The maximum Gasteiger partial charge on any atom is 0.258 e. The Hall–Kier alpha value is -3.48. The molecule has 6 heteroatoms. The molecule has 194 valence electrons. The fraction of sp³-hybridized carbons (Fsp3) is 0.355. The van der Waals surface area contributed by atoms with Crippen LogP contribution in [0.3, 0.4) is 0 Å². The molecule has 37 heavy (non-hydrogen) atoms. The minimum Gasteiger partial charge on any atom is -0.395 e. The molecule has 0 saturated heterocycles. The van der Waals surface area contributed by atoms with E-state index in [0.717, 1.165) is 40.8 Å². The van der Waals surface area contributed by atoms with Gasteiger partial charge in [0.15, 0.2) is 0 Å². The van der Waals surface area contributed by atoms with Crippen molar-refractivity contribution >= 4 is 17.5 Å². The third kappa shape index (κ3) is 6.09. The van der Waals surface area contributed by atoms with Crippen molar-refractivity contribution in [3.63, 3.8) is 0 Å². The molecule has 0 aromatic heterocycles. The fourth-order valence-corrected chi connectivity index (χ4v) is 5.19. The highest BCUT2D eigenvalue weighted by atomic mass is 16.3. The predicted molar refractivity (Wildman–Crippen MR) is 147 cm³/mol. The summed E-state index contributed by atoms with van der Waals surface area (Å²) in [6.45, 7) is 4.75. The van der Waals surface area contributed by atoms with Crippen molar-refractivity contribution in [2.24, 2.45) is 0 Å². The Labute approximate surface area is 219 Å². The fourth-order valence-electron chi connectivity index (χ4n) is 5.19. The highest BCUT2D eigenvalue weighted by molar-refractivity contribution is 6.08. The Morgan fingerprint density at radius 2 is 1.59 bits per heavy atom. The van der Waals surface area contributed by atoms with Crippen LogP contribution in [0.1, 0.15) is 52.2 Å². The van der Waals surface area contributed by atoms with Gasteiger partial charge in [0.2, 0.25) is 5.91 Å². The summed E-state index contributed by atoms with van der Waals surface area (Å²) in [5.41, 5.74) is 6.86. The van der Waals surface area contributed by atoms with E-state index in [9.17, 15) is 19.8 Å². The Kier molecular flexibility index (Phi) is 8.74. The molecule has 1 atom stereocenters. The SMILES string of the molecule is Cc1ccc(-c2ccc(C(=O)N3CCCC(CC(=O)N(CCO)CCO)c4ccccc43)c(C)c2)cc1. The Morgan fingerprint density at radius 3 is 2.27 bits per heavy atom. The summed E-state index contributed by atoms with van der Waals surface area (Å²) in [5, 5.41) is 18.6. The van der Waals surface area contributed by atoms with Crippen molar-refractivity contribution in [3.05, 3.63) is 89.0 Å². The van der Waals surface area contributed by atoms with Crippen LogP contribution >= 0.6 is 0 Å². The van der Waals surface area contributed by atoms with Crippen LogP contribution in [0.4, 0.5) is 5.69 Å². The number of carbonyl (C=O) groups is 2. The zero-order valence-corrected chi connectivity index (χ0v) is 21.7. The quantitative estimate of drug-likeness (QED) is 0.470. The van der Waals surface area contributed by atoms with Gasteiger partial charge in [-0.3, -0.25) is 9.59 Å². The number of hydrogen-bond donors (Lipinski definition) is 2. The number of anilines is 1. The molecular weight excluding hydrogens is 464 g/mol. The molecule has 0 spiro atoms. The number of fused-ring (bicyclic) bond motifs is 1. The Balaban J connectivity index is 1.59. The van der Waals surface area contributed by atoms with E-state index in [2.05, 4.69) is 37.3 Å². The summed E-state index contributed by atoms with van der Waals surface area (Å²) in [4.78, 5) is 30.2. The lowest BCUT2D eigenvalue weighted by molar-refractivity contribution is -0.132. The van der Waals surface area contributed by atoms with Crippen LogP contribution in [0.5, 0.6) is 0 Å². The average molecular weight is 501 g/mol. The number of nitrogens with zero attached hydrogens (tertiary/aromatic N) is 2. The third-order valence-corrected chi connectivity index (χ3v) is 7.20. The minimum absolute atomic E-state index is 0.0328. The van der Waals surface area contributed by atoms with E-state index in [0.29, 0.717) is 12.1 Å². The zero-order valence-electron chi connectivity index (χ0n) is 21.7. The number of aryl methyl sites for hydroxylation is 2. The molecule has 1 aliphatic heterocycles. The molecule has 2 amide bonds. The van der Waals surface area contributed by atoms with Crippen molar-refractivity contribution in [1.29, 1.82) is 0 Å². The molecule has 0 bridgehead atoms. The molecular formula is C31H36N2O4. The number of para-hydroxylation sites is 1. The third-order valence-electron chi connectivity index (χ3n) is 7.20. The smallest absolute Gasteiger partial charge is 0.258 e. The number of amides is 2. The predicted octanol–water partition coefficient (Wildman–Crippen LogP) is 4.70. The van der Waals surface area contributed by atoms with E-state index in [-0.39, 0.29) is 50.5 Å². The van der Waals surface area contributed by atoms with Crippen LogP contribution in [-0.2, 0) is 4.79 Å². The summed E-state index contributed by atoms with van der Waals surface area (Å²) in [6, 6.07) is 22.2. The number of hydrogen-bond acceptors (Lipinski definition) is 4. The molecule has 4 rings (SSSR count). The second-order valence-electron chi connectivity index (χ2n) is 9.78. The van der Waals surface area contributed by atoms with Crippen LogP contribution in [-0.4, -0.2) is 59.8 Å². The van der Waals surface area contributed by atoms with Crippen LogP contribution < -0.4 is 4.90 Å². The molecule has 1 unspecified atom stereocenters. The first kappa shape index (κ1) is 26.6. The molecule has 3 aromatic carbocycles. The molecule has 0 fully saturated rings. The second-order valence-corrected chi connectivity index (χ2v) is 9.78. The van der Waals surface area contributed by atoms with Crippen LogP contribution in [0.25, 0.3) is 11.1 Å². The van der Waals surface area contributed by atoms with Gasteiger partial charge in [0.05, 0.1) is 13.2 Å². The average Bonchev–Trinajstić information content (AvgIpc) is 3.08. The van der Waals surface area contributed by atoms with Gasteiger partial charge in [0.25, 0.3) is 5.91 Å². The van der Waals surface area contributed by atoms with E-state index in [1.165, 1.54) is 10.5 Å². The summed E-state index contributed by atoms with van der Waals surface area (Å²) in [6.07, 6.45) is 1.84. The highest BCUT2D eigenvalue weighted by Crippen LogP contribution is 2.37. The van der Waals surface area contributed by atoms with Gasteiger partial charge in [-0.15, -0.1) is 0 Å². The van der Waals surface area contributed by atoms with Gasteiger partial charge in [-0.2, -0.15) is 0 Å². The largest absolute Gasteiger partial charge is 0.395 e. The van der Waals surface area contributed by atoms with Gasteiger partial charge < -0.3 is 20.0 Å². The summed E-state index contributed by atoms with van der Waals surface area (Å²) < 4.78 is 0. The van der Waals surface area contributed by atoms with Gasteiger partial charge in [0, 0.05) is 37.3 Å². The first-order valence-electron chi connectivity index (χ1n) is 13.0. The topological polar surface area (TPSA) is 81.1 Å². The molecule has 2 N–H and O–H groups in total. The number of aliphatic hydroxyl groups is 2. The molecule has 0 saturated carbocycles. The lowest BCUT2D eigenvalue weighted by Gasteiger charge is -2.26. The summed E-state index contributed by atoms with van der Waals surface area (Å²) in [5.74, 6) is -0.161. The minimum atomic E-state index is -0.142. The van der Waals surface area contributed by atoms with E-state index < -0.39 is 0 Å². The lowest BCUT2D eigenvalue weighted by Crippen LogP contribution is -2.36. The molecule has 0 radical (unpaired) electrons. The molecule has 1 aliphatic rings. The lowest BCUT2D eigenvalue weighted by atomic mass is 9.90. The summed E-state index contributed by atoms with van der Waals surface area (Å²) in [7, 11) is 0. The molecule has 1 heterocycles. The zero-order chi connectivity index (χ0) is 26.4. The molecule has 6 nitrogen and oxygen atoms in total. The van der Waals surface area contributed by atoms with Crippen LogP contribution in [0.2, 0.25) is 0 Å². The van der Waals surface area contributed by atoms with Crippen LogP contribution in [0, 0.1) is 13.8 Å². The van der Waals surface area contributed by atoms with Crippen molar-refractivity contribution in [2.75, 3.05) is 37.7 Å². The van der Waals surface area contributed by atoms with Gasteiger partial charge in [-0.05, 0) is 67.0 Å². The maximum atomic E-state index is 13.8. The van der Waals surface area contributed by atoms with Gasteiger partial charge in [-0.1, -0.05) is 60.2 Å². The molecule has 3 aromatic rings. The van der Waals surface area contributed by atoms with Gasteiger partial charge in [0.1, 0.15) is 0 Å². The van der Waals surface area contributed by atoms with Crippen molar-refractivity contribution in [1.82, 2.24) is 4.90 Å². The Morgan fingerprint density at radius 1 is 0.919 bits per heavy atom. The number of aliphatic hydroxyl groups excluding tert-OH is 2. The monoisotopic (exact) mass is 500 g/mol. The van der Waals surface area contributed by atoms with Crippen molar-refractivity contribution in [3.8, 4) is 11.1 Å². The molecule has 0 aliphatic carbocycles. The number of carbonyl (C=O) groups excluding carboxylic acids is 2. The van der Waals surface area contributed by atoms with Crippen LogP contribution in [0.15, 0.2) is 66.7 Å². The van der Waals surface area contributed by atoms with Crippen molar-refractivity contribution in [2.45, 2.75) is 39.0 Å². The summed E-state index contributed by atoms with van der Waals surface area (Å²) >= 11 is 0. The van der Waals surface area contributed by atoms with E-state index in [1.807, 2.05) is 48.2 Å². The first-order valence-corrected chi connectivity index (χ1v) is 13.0. The van der Waals surface area contributed by atoms with Gasteiger partial charge >= 0.3 is 0 Å². The number of benzene rings is 3. The number of rotatable bonds is 8.